The van der Waals surface area contributed by atoms with Gasteiger partial charge in [0, 0.05) is 12.5 Å². The van der Waals surface area contributed by atoms with Gasteiger partial charge in [-0.15, -0.1) is 0 Å². The molecular formula is C27H52O2. The van der Waals surface area contributed by atoms with E-state index in [9.17, 15) is 4.79 Å². The first-order chi connectivity index (χ1) is 13.2. The minimum atomic E-state index is -0.765. The van der Waals surface area contributed by atoms with Crippen LogP contribution in [0.4, 0.5) is 0 Å². The second kappa shape index (κ2) is 10.6. The predicted octanol–water partition coefficient (Wildman–Crippen LogP) is 8.39. The average molecular weight is 409 g/mol. The van der Waals surface area contributed by atoms with Crippen molar-refractivity contribution in [3.63, 3.8) is 0 Å². The zero-order valence-corrected chi connectivity index (χ0v) is 21.9. The van der Waals surface area contributed by atoms with Crippen molar-refractivity contribution in [3.05, 3.63) is 12.2 Å². The summed E-state index contributed by atoms with van der Waals surface area (Å²) in [4.78, 5) is 12.6. The molecule has 2 nitrogen and oxygen atoms in total. The van der Waals surface area contributed by atoms with E-state index in [0.29, 0.717) is 5.41 Å². The van der Waals surface area contributed by atoms with Crippen molar-refractivity contribution in [2.24, 2.45) is 21.7 Å². The van der Waals surface area contributed by atoms with Gasteiger partial charge >= 0.3 is 0 Å². The number of Topliss-reactive ketones (excluding diaryl/α,β-unsaturated/α-hetero) is 1. The first-order valence-corrected chi connectivity index (χ1v) is 11.9. The highest BCUT2D eigenvalue weighted by molar-refractivity contribution is 5.85. The van der Waals surface area contributed by atoms with Gasteiger partial charge in [0.1, 0.15) is 5.60 Å². The molecule has 0 aromatic rings. The van der Waals surface area contributed by atoms with Gasteiger partial charge in [-0.25, -0.2) is 0 Å². The Balaban J connectivity index is 6.00. The molecule has 0 aliphatic heterocycles. The smallest absolute Gasteiger partial charge is 0.161 e. The molecule has 2 atom stereocenters. The SMILES string of the molecule is CCCC(C)(C)CC=CC(CC)(CC)C(C)(C)CC(C)(CC)C(C)(OC)C(C)=O. The fourth-order valence-electron chi connectivity index (χ4n) is 5.65. The van der Waals surface area contributed by atoms with Crippen molar-refractivity contribution < 1.29 is 9.53 Å². The average Bonchev–Trinajstić information content (AvgIpc) is 2.63. The van der Waals surface area contributed by atoms with Crippen molar-refractivity contribution in [2.45, 2.75) is 127 Å². The topological polar surface area (TPSA) is 26.3 Å². The first kappa shape index (κ1) is 28.4. The normalized spacial score (nSPS) is 17.9. The summed E-state index contributed by atoms with van der Waals surface area (Å²) in [5, 5.41) is 0. The highest BCUT2D eigenvalue weighted by atomic mass is 16.5. The van der Waals surface area contributed by atoms with Gasteiger partial charge in [-0.3, -0.25) is 4.79 Å². The Morgan fingerprint density at radius 2 is 1.41 bits per heavy atom. The quantitative estimate of drug-likeness (QED) is 0.270. The number of ether oxygens (including phenoxy) is 1. The lowest BCUT2D eigenvalue weighted by Gasteiger charge is -2.53. The first-order valence-electron chi connectivity index (χ1n) is 11.9. The fraction of sp³-hybridized carbons (Fsp3) is 0.889. The van der Waals surface area contributed by atoms with E-state index in [1.807, 2.05) is 6.92 Å². The van der Waals surface area contributed by atoms with Crippen molar-refractivity contribution in [1.29, 1.82) is 0 Å². The van der Waals surface area contributed by atoms with Crippen LogP contribution in [0.25, 0.3) is 0 Å². The van der Waals surface area contributed by atoms with Gasteiger partial charge in [0.25, 0.3) is 0 Å². The molecule has 0 aromatic heterocycles. The summed E-state index contributed by atoms with van der Waals surface area (Å²) in [6, 6.07) is 0. The molecule has 0 heterocycles. The largest absolute Gasteiger partial charge is 0.370 e. The van der Waals surface area contributed by atoms with Gasteiger partial charge in [0.05, 0.1) is 0 Å². The highest BCUT2D eigenvalue weighted by Gasteiger charge is 2.53. The standard InChI is InChI=1S/C27H52O2/c1-13-18-23(6,7)19-17-20-27(15-3,16-4)24(8,9)21-25(10,14-2)26(11,29-12)22(5)28/h17,20H,13-16,18-19,21H2,1-12H3. The number of ketones is 1. The van der Waals surface area contributed by atoms with Crippen LogP contribution >= 0.6 is 0 Å². The van der Waals surface area contributed by atoms with Crippen LogP contribution in [0, 0.1) is 21.7 Å². The van der Waals surface area contributed by atoms with E-state index in [0.717, 1.165) is 32.1 Å². The van der Waals surface area contributed by atoms with Crippen LogP contribution in [0.15, 0.2) is 12.2 Å². The molecule has 0 bridgehead atoms. The number of rotatable bonds is 14. The minimum Gasteiger partial charge on any atom is -0.370 e. The van der Waals surface area contributed by atoms with Crippen molar-refractivity contribution in [1.82, 2.24) is 0 Å². The molecule has 0 amide bonds. The second-order valence-electron chi connectivity index (χ2n) is 11.2. The van der Waals surface area contributed by atoms with E-state index in [1.54, 1.807) is 14.0 Å². The van der Waals surface area contributed by atoms with Gasteiger partial charge in [0.2, 0.25) is 0 Å². The van der Waals surface area contributed by atoms with E-state index in [1.165, 1.54) is 12.8 Å². The number of hydrogen-bond acceptors (Lipinski definition) is 2. The third kappa shape index (κ3) is 6.18. The molecule has 172 valence electrons. The zero-order valence-electron chi connectivity index (χ0n) is 21.9. The van der Waals surface area contributed by atoms with E-state index in [-0.39, 0.29) is 22.0 Å². The number of hydrogen-bond donors (Lipinski definition) is 0. The van der Waals surface area contributed by atoms with Crippen LogP contribution in [0.2, 0.25) is 0 Å². The van der Waals surface area contributed by atoms with E-state index in [4.69, 9.17) is 4.74 Å². The number of carbonyl (C=O) groups is 1. The molecule has 29 heavy (non-hydrogen) atoms. The molecule has 0 aliphatic carbocycles. The Hall–Kier alpha value is -0.630. The lowest BCUT2D eigenvalue weighted by Crippen LogP contribution is -2.54. The molecule has 0 saturated heterocycles. The Kier molecular flexibility index (Phi) is 10.4. The Labute approximate surface area is 183 Å². The molecule has 0 aliphatic rings. The van der Waals surface area contributed by atoms with Crippen molar-refractivity contribution in [3.8, 4) is 0 Å². The summed E-state index contributed by atoms with van der Waals surface area (Å²) in [5.41, 5.74) is -0.482. The van der Waals surface area contributed by atoms with Crippen LogP contribution in [-0.4, -0.2) is 18.5 Å². The van der Waals surface area contributed by atoms with E-state index >= 15 is 0 Å². The van der Waals surface area contributed by atoms with Gasteiger partial charge in [0.15, 0.2) is 5.78 Å². The molecule has 0 N–H and O–H groups in total. The molecule has 0 rings (SSSR count). The van der Waals surface area contributed by atoms with Gasteiger partial charge in [-0.1, -0.05) is 80.9 Å². The van der Waals surface area contributed by atoms with Crippen molar-refractivity contribution >= 4 is 5.78 Å². The summed E-state index contributed by atoms with van der Waals surface area (Å²) in [6.45, 7) is 24.5. The maximum Gasteiger partial charge on any atom is 0.161 e. The maximum absolute atomic E-state index is 12.6. The van der Waals surface area contributed by atoms with Gasteiger partial charge in [-0.2, -0.15) is 0 Å². The van der Waals surface area contributed by atoms with E-state index < -0.39 is 5.60 Å². The molecule has 0 radical (unpaired) electrons. The Bertz CT molecular complexity index is 539. The summed E-state index contributed by atoms with van der Waals surface area (Å²) < 4.78 is 5.87. The zero-order chi connectivity index (χ0) is 23.1. The third-order valence-corrected chi connectivity index (χ3v) is 8.49. The van der Waals surface area contributed by atoms with Crippen LogP contribution < -0.4 is 0 Å². The molecule has 0 saturated carbocycles. The van der Waals surface area contributed by atoms with Crippen LogP contribution in [0.5, 0.6) is 0 Å². The maximum atomic E-state index is 12.6. The summed E-state index contributed by atoms with van der Waals surface area (Å²) in [5.74, 6) is 0.121. The molecule has 2 heteroatoms. The fourth-order valence-corrected chi connectivity index (χ4v) is 5.65. The van der Waals surface area contributed by atoms with Crippen LogP contribution in [-0.2, 0) is 9.53 Å². The minimum absolute atomic E-state index is 0.0436. The van der Waals surface area contributed by atoms with Crippen molar-refractivity contribution in [2.75, 3.05) is 7.11 Å². The third-order valence-electron chi connectivity index (χ3n) is 8.49. The number of carbonyl (C=O) groups excluding carboxylic acids is 1. The monoisotopic (exact) mass is 408 g/mol. The lowest BCUT2D eigenvalue weighted by molar-refractivity contribution is -0.160. The summed E-state index contributed by atoms with van der Waals surface area (Å²) in [7, 11) is 1.69. The molecule has 0 aromatic carbocycles. The molecular weight excluding hydrogens is 356 g/mol. The molecule has 2 unspecified atom stereocenters. The second-order valence-corrected chi connectivity index (χ2v) is 11.2. The number of methoxy groups -OCH3 is 1. The summed E-state index contributed by atoms with van der Waals surface area (Å²) >= 11 is 0. The number of allylic oxidation sites excluding steroid dienone is 2. The summed E-state index contributed by atoms with van der Waals surface area (Å²) in [6.07, 6.45) is 12.6. The Morgan fingerprint density at radius 3 is 1.76 bits per heavy atom. The van der Waals surface area contributed by atoms with E-state index in [2.05, 4.69) is 74.5 Å². The van der Waals surface area contributed by atoms with Gasteiger partial charge < -0.3 is 4.74 Å². The van der Waals surface area contributed by atoms with Crippen LogP contribution in [0.3, 0.4) is 0 Å². The molecule has 0 spiro atoms. The molecule has 0 fully saturated rings. The predicted molar refractivity (Wildman–Crippen MR) is 128 cm³/mol. The highest BCUT2D eigenvalue weighted by Crippen LogP contribution is 2.56. The van der Waals surface area contributed by atoms with Crippen LogP contribution in [0.1, 0.15) is 121 Å². The Morgan fingerprint density at radius 1 is 0.897 bits per heavy atom. The lowest BCUT2D eigenvalue weighted by atomic mass is 9.53. The van der Waals surface area contributed by atoms with Gasteiger partial charge in [-0.05, 0) is 68.6 Å².